The average Bonchev–Trinajstić information content (AvgIpc) is 3.01. The first-order valence-electron chi connectivity index (χ1n) is 7.62. The summed E-state index contributed by atoms with van der Waals surface area (Å²) in [6.45, 7) is 3.99. The van der Waals surface area contributed by atoms with E-state index in [1.54, 1.807) is 19.8 Å². The SMILES string of the molecule is COc1ccc(Cl)cc1CN1CCCC(Cn2cncn2)C1. The van der Waals surface area contributed by atoms with E-state index in [1.165, 1.54) is 12.8 Å². The number of nitrogens with zero attached hydrogens (tertiary/aromatic N) is 4. The summed E-state index contributed by atoms with van der Waals surface area (Å²) in [5.74, 6) is 1.52. The molecule has 118 valence electrons. The largest absolute Gasteiger partial charge is 0.496 e. The molecule has 2 aromatic rings. The maximum absolute atomic E-state index is 6.12. The fourth-order valence-corrected chi connectivity index (χ4v) is 3.34. The van der Waals surface area contributed by atoms with E-state index in [0.717, 1.165) is 42.5 Å². The predicted molar refractivity (Wildman–Crippen MR) is 86.0 cm³/mol. The van der Waals surface area contributed by atoms with Crippen LogP contribution in [0.4, 0.5) is 0 Å². The summed E-state index contributed by atoms with van der Waals surface area (Å²) < 4.78 is 7.37. The molecule has 1 saturated heterocycles. The number of hydrogen-bond acceptors (Lipinski definition) is 4. The van der Waals surface area contributed by atoms with Gasteiger partial charge in [0.05, 0.1) is 7.11 Å². The second kappa shape index (κ2) is 7.11. The summed E-state index contributed by atoms with van der Waals surface area (Å²) in [4.78, 5) is 6.49. The zero-order chi connectivity index (χ0) is 15.4. The highest BCUT2D eigenvalue weighted by atomic mass is 35.5. The van der Waals surface area contributed by atoms with Crippen molar-refractivity contribution in [1.29, 1.82) is 0 Å². The molecular formula is C16H21ClN4O. The van der Waals surface area contributed by atoms with Crippen molar-refractivity contribution < 1.29 is 4.74 Å². The first-order valence-corrected chi connectivity index (χ1v) is 7.99. The zero-order valence-corrected chi connectivity index (χ0v) is 13.5. The summed E-state index contributed by atoms with van der Waals surface area (Å²) in [5, 5.41) is 4.96. The molecule has 1 aliphatic heterocycles. The molecule has 5 nitrogen and oxygen atoms in total. The average molecular weight is 321 g/mol. The van der Waals surface area contributed by atoms with Crippen LogP contribution < -0.4 is 4.74 Å². The Hall–Kier alpha value is -1.59. The van der Waals surface area contributed by atoms with Gasteiger partial charge in [-0.25, -0.2) is 4.98 Å². The van der Waals surface area contributed by atoms with Crippen LogP contribution in [0.3, 0.4) is 0 Å². The Morgan fingerprint density at radius 3 is 3.09 bits per heavy atom. The van der Waals surface area contributed by atoms with Crippen LogP contribution in [0.5, 0.6) is 5.75 Å². The van der Waals surface area contributed by atoms with Crippen molar-refractivity contribution in [1.82, 2.24) is 19.7 Å². The van der Waals surface area contributed by atoms with Crippen LogP contribution in [0.1, 0.15) is 18.4 Å². The van der Waals surface area contributed by atoms with Crippen molar-refractivity contribution in [2.75, 3.05) is 20.2 Å². The van der Waals surface area contributed by atoms with Gasteiger partial charge in [0.2, 0.25) is 0 Å². The highest BCUT2D eigenvalue weighted by molar-refractivity contribution is 6.30. The summed E-state index contributed by atoms with van der Waals surface area (Å²) in [5.41, 5.74) is 1.15. The molecular weight excluding hydrogens is 300 g/mol. The Bertz CT molecular complexity index is 602. The van der Waals surface area contributed by atoms with Crippen LogP contribution in [0, 0.1) is 5.92 Å². The molecule has 1 aromatic heterocycles. The molecule has 2 heterocycles. The topological polar surface area (TPSA) is 43.2 Å². The van der Waals surface area contributed by atoms with Crippen molar-refractivity contribution in [3.8, 4) is 5.75 Å². The molecule has 3 rings (SSSR count). The molecule has 1 atom stereocenters. The summed E-state index contributed by atoms with van der Waals surface area (Å²) in [6, 6.07) is 5.81. The fraction of sp³-hybridized carbons (Fsp3) is 0.500. The van der Waals surface area contributed by atoms with Gasteiger partial charge >= 0.3 is 0 Å². The fourth-order valence-electron chi connectivity index (χ4n) is 3.15. The molecule has 1 fully saturated rings. The van der Waals surface area contributed by atoms with Gasteiger partial charge in [0, 0.05) is 30.2 Å². The number of rotatable bonds is 5. The molecule has 22 heavy (non-hydrogen) atoms. The van der Waals surface area contributed by atoms with E-state index in [2.05, 4.69) is 15.0 Å². The minimum atomic E-state index is 0.612. The maximum Gasteiger partial charge on any atom is 0.137 e. The predicted octanol–water partition coefficient (Wildman–Crippen LogP) is 2.85. The molecule has 0 bridgehead atoms. The molecule has 0 aliphatic carbocycles. The molecule has 1 aliphatic rings. The highest BCUT2D eigenvalue weighted by Gasteiger charge is 2.21. The van der Waals surface area contributed by atoms with E-state index >= 15 is 0 Å². The van der Waals surface area contributed by atoms with Crippen LogP contribution in [0.2, 0.25) is 5.02 Å². The monoisotopic (exact) mass is 320 g/mol. The highest BCUT2D eigenvalue weighted by Crippen LogP contribution is 2.26. The number of hydrogen-bond donors (Lipinski definition) is 0. The molecule has 6 heteroatoms. The lowest BCUT2D eigenvalue weighted by atomic mass is 9.97. The van der Waals surface area contributed by atoms with E-state index in [-0.39, 0.29) is 0 Å². The van der Waals surface area contributed by atoms with Gasteiger partial charge in [0.1, 0.15) is 18.4 Å². The van der Waals surface area contributed by atoms with Crippen molar-refractivity contribution in [3.05, 3.63) is 41.4 Å². The first kappa shape index (κ1) is 15.3. The normalized spacial score (nSPS) is 19.3. The van der Waals surface area contributed by atoms with E-state index in [1.807, 2.05) is 22.9 Å². The lowest BCUT2D eigenvalue weighted by Crippen LogP contribution is -2.36. The minimum absolute atomic E-state index is 0.612. The lowest BCUT2D eigenvalue weighted by molar-refractivity contribution is 0.152. The molecule has 1 unspecified atom stereocenters. The number of likely N-dealkylation sites (tertiary alicyclic amines) is 1. The quantitative estimate of drug-likeness (QED) is 0.849. The third-order valence-corrected chi connectivity index (χ3v) is 4.39. The Balaban J connectivity index is 1.64. The van der Waals surface area contributed by atoms with Crippen molar-refractivity contribution in [3.63, 3.8) is 0 Å². The third-order valence-electron chi connectivity index (χ3n) is 4.15. The first-order chi connectivity index (χ1) is 10.7. The third kappa shape index (κ3) is 3.78. The van der Waals surface area contributed by atoms with Gasteiger partial charge < -0.3 is 4.74 Å². The second-order valence-corrected chi connectivity index (χ2v) is 6.25. The number of benzene rings is 1. The molecule has 1 aromatic carbocycles. The number of ether oxygens (including phenoxy) is 1. The Morgan fingerprint density at radius 1 is 1.41 bits per heavy atom. The maximum atomic E-state index is 6.12. The number of methoxy groups -OCH3 is 1. The number of halogens is 1. The van der Waals surface area contributed by atoms with Gasteiger partial charge in [0.25, 0.3) is 0 Å². The molecule has 0 radical (unpaired) electrons. The van der Waals surface area contributed by atoms with Gasteiger partial charge in [-0.1, -0.05) is 11.6 Å². The zero-order valence-electron chi connectivity index (χ0n) is 12.8. The molecule has 0 amide bonds. The smallest absolute Gasteiger partial charge is 0.137 e. The van der Waals surface area contributed by atoms with Crippen LogP contribution in [-0.4, -0.2) is 39.9 Å². The lowest BCUT2D eigenvalue weighted by Gasteiger charge is -2.33. The summed E-state index contributed by atoms with van der Waals surface area (Å²) >= 11 is 6.12. The van der Waals surface area contributed by atoms with Crippen LogP contribution >= 0.6 is 11.6 Å². The van der Waals surface area contributed by atoms with Crippen molar-refractivity contribution in [2.45, 2.75) is 25.9 Å². The van der Waals surface area contributed by atoms with Crippen LogP contribution in [0.15, 0.2) is 30.9 Å². The molecule has 0 saturated carbocycles. The number of piperidine rings is 1. The Kier molecular flexibility index (Phi) is 4.95. The molecule has 0 spiro atoms. The van der Waals surface area contributed by atoms with Crippen molar-refractivity contribution >= 4 is 11.6 Å². The number of aromatic nitrogens is 3. The van der Waals surface area contributed by atoms with Crippen molar-refractivity contribution in [2.24, 2.45) is 5.92 Å². The Labute approximate surface area is 135 Å². The minimum Gasteiger partial charge on any atom is -0.496 e. The van der Waals surface area contributed by atoms with Crippen LogP contribution in [-0.2, 0) is 13.1 Å². The second-order valence-electron chi connectivity index (χ2n) is 5.82. The van der Waals surface area contributed by atoms with Gasteiger partial charge in [0.15, 0.2) is 0 Å². The van der Waals surface area contributed by atoms with Gasteiger partial charge in [-0.15, -0.1) is 0 Å². The van der Waals surface area contributed by atoms with E-state index in [4.69, 9.17) is 16.3 Å². The molecule has 0 N–H and O–H groups in total. The van der Waals surface area contributed by atoms with E-state index in [0.29, 0.717) is 5.92 Å². The summed E-state index contributed by atoms with van der Waals surface area (Å²) in [7, 11) is 1.70. The van der Waals surface area contributed by atoms with E-state index in [9.17, 15) is 0 Å². The van der Waals surface area contributed by atoms with Crippen LogP contribution in [0.25, 0.3) is 0 Å². The Morgan fingerprint density at radius 2 is 2.32 bits per heavy atom. The van der Waals surface area contributed by atoms with Gasteiger partial charge in [-0.3, -0.25) is 9.58 Å². The standard InChI is InChI=1S/C16H21ClN4O/c1-22-16-5-4-15(17)7-14(16)10-20-6-2-3-13(8-20)9-21-12-18-11-19-21/h4-5,7,11-13H,2-3,6,8-10H2,1H3. The van der Waals surface area contributed by atoms with Gasteiger partial charge in [-0.05, 0) is 43.5 Å². The van der Waals surface area contributed by atoms with E-state index < -0.39 is 0 Å². The van der Waals surface area contributed by atoms with Gasteiger partial charge in [-0.2, -0.15) is 5.10 Å². The summed E-state index contributed by atoms with van der Waals surface area (Å²) in [6.07, 6.45) is 5.83.